The van der Waals surface area contributed by atoms with E-state index in [0.717, 1.165) is 34.3 Å². The molecule has 0 aliphatic rings. The van der Waals surface area contributed by atoms with Crippen molar-refractivity contribution >= 4 is 39.1 Å². The van der Waals surface area contributed by atoms with E-state index in [9.17, 15) is 31.2 Å². The zero-order chi connectivity index (χ0) is 32.7. The minimum Gasteiger partial charge on any atom is -0.350 e. The molecule has 238 valence electrons. The number of anilines is 1. The summed E-state index contributed by atoms with van der Waals surface area (Å²) in [5.41, 5.74) is -0.294. The first-order valence-corrected chi connectivity index (χ1v) is 16.2. The van der Waals surface area contributed by atoms with Gasteiger partial charge in [-0.1, -0.05) is 66.2 Å². The number of nitrogens with one attached hydrogen (secondary N) is 1. The number of hydrogen-bond acceptors (Lipinski definition) is 4. The second-order valence-electron chi connectivity index (χ2n) is 11.5. The molecule has 7 nitrogen and oxygen atoms in total. The average Bonchev–Trinajstić information content (AvgIpc) is 2.92. The number of sulfonamides is 1. The van der Waals surface area contributed by atoms with E-state index in [-0.39, 0.29) is 43.9 Å². The van der Waals surface area contributed by atoms with Gasteiger partial charge in [0.2, 0.25) is 21.8 Å². The van der Waals surface area contributed by atoms with Gasteiger partial charge in [-0.15, -0.1) is 0 Å². The molecule has 0 saturated heterocycles. The Kier molecular flexibility index (Phi) is 11.5. The highest BCUT2D eigenvalue weighted by atomic mass is 35.5. The van der Waals surface area contributed by atoms with Crippen molar-refractivity contribution in [3.8, 4) is 0 Å². The van der Waals surface area contributed by atoms with Crippen molar-refractivity contribution in [1.29, 1.82) is 0 Å². The number of benzene rings is 3. The van der Waals surface area contributed by atoms with Crippen molar-refractivity contribution in [2.45, 2.75) is 64.3 Å². The first-order chi connectivity index (χ1) is 20.5. The van der Waals surface area contributed by atoms with Gasteiger partial charge in [-0.05, 0) is 62.6 Å². The predicted molar refractivity (Wildman–Crippen MR) is 167 cm³/mol. The summed E-state index contributed by atoms with van der Waals surface area (Å²) in [4.78, 5) is 29.0. The average molecular weight is 652 g/mol. The van der Waals surface area contributed by atoms with Gasteiger partial charge in [0.1, 0.15) is 6.04 Å². The van der Waals surface area contributed by atoms with E-state index < -0.39 is 39.3 Å². The maximum Gasteiger partial charge on any atom is 0.416 e. The molecule has 0 bridgehead atoms. The topological polar surface area (TPSA) is 86.8 Å². The summed E-state index contributed by atoms with van der Waals surface area (Å²) in [6, 6.07) is 19.3. The highest BCUT2D eigenvalue weighted by Crippen LogP contribution is 2.32. The molecule has 0 fully saturated rings. The number of halogens is 4. The maximum atomic E-state index is 13.9. The van der Waals surface area contributed by atoms with Crippen molar-refractivity contribution in [2.75, 3.05) is 17.1 Å². The molecule has 2 amide bonds. The van der Waals surface area contributed by atoms with Crippen LogP contribution in [0.25, 0.3) is 0 Å². The van der Waals surface area contributed by atoms with Gasteiger partial charge in [0.25, 0.3) is 0 Å². The first-order valence-electron chi connectivity index (χ1n) is 14.0. The summed E-state index contributed by atoms with van der Waals surface area (Å²) in [6.45, 7) is 5.26. The summed E-state index contributed by atoms with van der Waals surface area (Å²) < 4.78 is 66.0. The fourth-order valence-electron chi connectivity index (χ4n) is 4.66. The molecule has 3 aromatic rings. The fraction of sp³-hybridized carbons (Fsp3) is 0.375. The van der Waals surface area contributed by atoms with E-state index in [1.807, 2.05) is 51.1 Å². The molecule has 0 aromatic heterocycles. The SMILES string of the molecule is CC(C)(C)NC(=O)C(Cc1ccccc1)N(Cc1ccccc1Cl)C(=O)CCCN(c1cccc(C(F)(F)F)c1)S(C)(=O)=O. The van der Waals surface area contributed by atoms with Crippen LogP contribution in [-0.4, -0.2) is 49.5 Å². The largest absolute Gasteiger partial charge is 0.416 e. The Labute approximate surface area is 262 Å². The summed E-state index contributed by atoms with van der Waals surface area (Å²) >= 11 is 6.44. The molecule has 1 atom stereocenters. The van der Waals surface area contributed by atoms with E-state index in [4.69, 9.17) is 11.6 Å². The van der Waals surface area contributed by atoms with Gasteiger partial charge in [0, 0.05) is 36.5 Å². The van der Waals surface area contributed by atoms with Crippen LogP contribution in [0.2, 0.25) is 5.02 Å². The van der Waals surface area contributed by atoms with E-state index in [0.29, 0.717) is 10.6 Å². The third kappa shape index (κ3) is 10.3. The van der Waals surface area contributed by atoms with Crippen molar-refractivity contribution in [1.82, 2.24) is 10.2 Å². The fourth-order valence-corrected chi connectivity index (χ4v) is 5.81. The number of amides is 2. The lowest BCUT2D eigenvalue weighted by atomic mass is 10.00. The van der Waals surface area contributed by atoms with Crippen LogP contribution >= 0.6 is 11.6 Å². The lowest BCUT2D eigenvalue weighted by molar-refractivity contribution is -0.142. The zero-order valence-corrected chi connectivity index (χ0v) is 26.6. The van der Waals surface area contributed by atoms with Crippen molar-refractivity contribution in [2.24, 2.45) is 0 Å². The Bertz CT molecular complexity index is 1540. The van der Waals surface area contributed by atoms with Crippen LogP contribution in [0.1, 0.15) is 50.3 Å². The number of rotatable bonds is 12. The Morgan fingerprint density at radius 2 is 1.57 bits per heavy atom. The molecule has 1 unspecified atom stereocenters. The van der Waals surface area contributed by atoms with Crippen LogP contribution in [0, 0.1) is 0 Å². The molecular formula is C32H37ClF3N3O4S. The summed E-state index contributed by atoms with van der Waals surface area (Å²) in [6.07, 6.45) is -3.75. The quantitative estimate of drug-likeness (QED) is 0.244. The van der Waals surface area contributed by atoms with Gasteiger partial charge in [-0.25, -0.2) is 8.42 Å². The van der Waals surface area contributed by atoms with Crippen molar-refractivity contribution in [3.05, 3.63) is 101 Å². The van der Waals surface area contributed by atoms with Gasteiger partial charge in [-0.2, -0.15) is 13.2 Å². The second kappa shape index (κ2) is 14.5. The van der Waals surface area contributed by atoms with Gasteiger partial charge in [0.15, 0.2) is 0 Å². The van der Waals surface area contributed by atoms with Gasteiger partial charge in [-0.3, -0.25) is 13.9 Å². The molecule has 3 rings (SSSR count). The Morgan fingerprint density at radius 3 is 2.16 bits per heavy atom. The van der Waals surface area contributed by atoms with Gasteiger partial charge >= 0.3 is 6.18 Å². The van der Waals surface area contributed by atoms with Crippen LogP contribution in [0.15, 0.2) is 78.9 Å². The van der Waals surface area contributed by atoms with Crippen LogP contribution in [0.4, 0.5) is 18.9 Å². The number of nitrogens with zero attached hydrogens (tertiary/aromatic N) is 2. The first kappa shape index (κ1) is 34.9. The van der Waals surface area contributed by atoms with Crippen molar-refractivity contribution < 1.29 is 31.2 Å². The molecular weight excluding hydrogens is 615 g/mol. The van der Waals surface area contributed by atoms with Gasteiger partial charge in [0.05, 0.1) is 17.5 Å². The molecule has 12 heteroatoms. The lowest BCUT2D eigenvalue weighted by Gasteiger charge is -2.34. The lowest BCUT2D eigenvalue weighted by Crippen LogP contribution is -2.54. The molecule has 0 heterocycles. The van der Waals surface area contributed by atoms with E-state index >= 15 is 0 Å². The Balaban J connectivity index is 1.93. The van der Waals surface area contributed by atoms with Crippen LogP contribution < -0.4 is 9.62 Å². The van der Waals surface area contributed by atoms with Crippen LogP contribution in [0.5, 0.6) is 0 Å². The number of carbonyl (C=O) groups excluding carboxylic acids is 2. The third-order valence-corrected chi connectivity index (χ3v) is 8.24. The minimum atomic E-state index is -4.66. The highest BCUT2D eigenvalue weighted by Gasteiger charge is 2.34. The summed E-state index contributed by atoms with van der Waals surface area (Å²) in [7, 11) is -3.98. The van der Waals surface area contributed by atoms with Gasteiger partial charge < -0.3 is 10.2 Å². The predicted octanol–water partition coefficient (Wildman–Crippen LogP) is 6.46. The van der Waals surface area contributed by atoms with Crippen molar-refractivity contribution in [3.63, 3.8) is 0 Å². The number of hydrogen-bond donors (Lipinski definition) is 1. The smallest absolute Gasteiger partial charge is 0.350 e. The molecule has 0 aliphatic carbocycles. The molecule has 0 radical (unpaired) electrons. The molecule has 3 aromatic carbocycles. The van der Waals surface area contributed by atoms with E-state index in [1.54, 1.807) is 24.3 Å². The molecule has 0 saturated carbocycles. The monoisotopic (exact) mass is 651 g/mol. The third-order valence-electron chi connectivity index (χ3n) is 6.68. The molecule has 0 aliphatic heterocycles. The summed E-state index contributed by atoms with van der Waals surface area (Å²) in [5.74, 6) is -0.809. The zero-order valence-electron chi connectivity index (χ0n) is 25.1. The molecule has 0 spiro atoms. The normalized spacial score (nSPS) is 12.8. The Hall–Kier alpha value is -3.57. The van der Waals surface area contributed by atoms with Crippen LogP contribution in [0.3, 0.4) is 0 Å². The molecule has 1 N–H and O–H groups in total. The summed E-state index contributed by atoms with van der Waals surface area (Å²) in [5, 5.41) is 3.37. The number of carbonyl (C=O) groups is 2. The molecule has 44 heavy (non-hydrogen) atoms. The van der Waals surface area contributed by atoms with Crippen LogP contribution in [-0.2, 0) is 38.8 Å². The van der Waals surface area contributed by atoms with E-state index in [1.165, 1.54) is 11.0 Å². The Morgan fingerprint density at radius 1 is 0.932 bits per heavy atom. The maximum absolute atomic E-state index is 13.9. The number of alkyl halides is 3. The second-order valence-corrected chi connectivity index (χ2v) is 13.9. The standard InChI is InChI=1S/C32H37ClF3N3O4S/c1-31(2,3)37-30(41)28(20-23-12-6-5-7-13-23)38(22-24-14-8-9-17-27(24)33)29(40)18-11-19-39(44(4,42)43)26-16-10-15-25(21-26)32(34,35)36/h5-10,12-17,21,28H,11,18-20,22H2,1-4H3,(H,37,41). The van der Waals surface area contributed by atoms with E-state index in [2.05, 4.69) is 5.32 Å². The highest BCUT2D eigenvalue weighted by molar-refractivity contribution is 7.92. The minimum absolute atomic E-state index is 0.0109.